The topological polar surface area (TPSA) is 50.4 Å². The third-order valence-electron chi connectivity index (χ3n) is 1.99. The molecule has 13 heavy (non-hydrogen) atoms. The maximum atomic E-state index is 11.6. The molecule has 0 rings (SSSR count). The van der Waals surface area contributed by atoms with Crippen LogP contribution in [0, 0.1) is 0 Å². The lowest BCUT2D eigenvalue weighted by molar-refractivity contribution is -0.127. The summed E-state index contributed by atoms with van der Waals surface area (Å²) < 4.78 is 4.92. The van der Waals surface area contributed by atoms with Crippen molar-refractivity contribution in [2.24, 2.45) is 0 Å². The molecule has 0 spiro atoms. The van der Waals surface area contributed by atoms with E-state index >= 15 is 0 Å². The summed E-state index contributed by atoms with van der Waals surface area (Å²) >= 11 is 0. The van der Waals surface area contributed by atoms with Crippen LogP contribution in [0.3, 0.4) is 0 Å². The second-order valence-electron chi connectivity index (χ2n) is 3.70. The van der Waals surface area contributed by atoms with Crippen LogP contribution in [0.15, 0.2) is 0 Å². The standard InChI is InChI=1S/C9H20N2O2/c1-7(6-13-5)11-8(12)9(2,3)10-4/h7,10H,6H2,1-5H3,(H,11,12). The summed E-state index contributed by atoms with van der Waals surface area (Å²) in [5.74, 6) is -0.0143. The van der Waals surface area contributed by atoms with Gasteiger partial charge in [0.15, 0.2) is 0 Å². The highest BCUT2D eigenvalue weighted by atomic mass is 16.5. The highest BCUT2D eigenvalue weighted by Crippen LogP contribution is 2.00. The van der Waals surface area contributed by atoms with Crippen molar-refractivity contribution in [3.8, 4) is 0 Å². The number of carbonyl (C=O) groups is 1. The molecule has 0 bridgehead atoms. The molecule has 78 valence electrons. The number of hydrogen-bond donors (Lipinski definition) is 2. The average Bonchev–Trinajstić information content (AvgIpc) is 2.04. The van der Waals surface area contributed by atoms with Gasteiger partial charge in [0.2, 0.25) is 5.91 Å². The van der Waals surface area contributed by atoms with E-state index in [0.29, 0.717) is 6.61 Å². The molecule has 1 atom stereocenters. The highest BCUT2D eigenvalue weighted by Gasteiger charge is 2.25. The minimum Gasteiger partial charge on any atom is -0.383 e. The Hall–Kier alpha value is -0.610. The summed E-state index contributed by atoms with van der Waals surface area (Å²) in [5, 5.41) is 5.78. The highest BCUT2D eigenvalue weighted by molar-refractivity contribution is 5.85. The number of likely N-dealkylation sites (N-methyl/N-ethyl adjacent to an activating group) is 1. The van der Waals surface area contributed by atoms with Crippen LogP contribution in [0.2, 0.25) is 0 Å². The quantitative estimate of drug-likeness (QED) is 0.645. The van der Waals surface area contributed by atoms with Crippen LogP contribution in [0.1, 0.15) is 20.8 Å². The van der Waals surface area contributed by atoms with Crippen LogP contribution < -0.4 is 10.6 Å². The van der Waals surface area contributed by atoms with E-state index in [1.165, 1.54) is 0 Å². The molecule has 0 aliphatic heterocycles. The normalized spacial score (nSPS) is 13.9. The van der Waals surface area contributed by atoms with E-state index in [9.17, 15) is 4.79 Å². The number of amides is 1. The van der Waals surface area contributed by atoms with E-state index in [1.807, 2.05) is 20.8 Å². The molecule has 2 N–H and O–H groups in total. The summed E-state index contributed by atoms with van der Waals surface area (Å²) in [6.07, 6.45) is 0. The molecule has 0 heterocycles. The maximum Gasteiger partial charge on any atom is 0.240 e. The van der Waals surface area contributed by atoms with Crippen molar-refractivity contribution >= 4 is 5.91 Å². The van der Waals surface area contributed by atoms with E-state index in [2.05, 4.69) is 10.6 Å². The van der Waals surface area contributed by atoms with Crippen LogP contribution in [-0.4, -0.2) is 38.3 Å². The molecule has 0 aromatic heterocycles. The number of rotatable bonds is 5. The molecule has 0 saturated heterocycles. The zero-order valence-electron chi connectivity index (χ0n) is 9.10. The SMILES string of the molecule is CNC(C)(C)C(=O)NC(C)COC. The van der Waals surface area contributed by atoms with Gasteiger partial charge in [-0.2, -0.15) is 0 Å². The summed E-state index contributed by atoms with van der Waals surface area (Å²) in [7, 11) is 3.38. The molecule has 4 heteroatoms. The molecule has 0 saturated carbocycles. The van der Waals surface area contributed by atoms with E-state index in [4.69, 9.17) is 4.74 Å². The fourth-order valence-electron chi connectivity index (χ4n) is 0.809. The molecule has 1 unspecified atom stereocenters. The minimum atomic E-state index is -0.526. The lowest BCUT2D eigenvalue weighted by Gasteiger charge is -2.25. The van der Waals surface area contributed by atoms with Crippen molar-refractivity contribution in [1.82, 2.24) is 10.6 Å². The van der Waals surface area contributed by atoms with Crippen molar-refractivity contribution in [1.29, 1.82) is 0 Å². The third-order valence-corrected chi connectivity index (χ3v) is 1.99. The van der Waals surface area contributed by atoms with Gasteiger partial charge in [-0.15, -0.1) is 0 Å². The van der Waals surface area contributed by atoms with Crippen LogP contribution in [-0.2, 0) is 9.53 Å². The second kappa shape index (κ2) is 5.19. The monoisotopic (exact) mass is 188 g/mol. The van der Waals surface area contributed by atoms with E-state index in [0.717, 1.165) is 0 Å². The molecular weight excluding hydrogens is 168 g/mol. The summed E-state index contributed by atoms with van der Waals surface area (Å²) in [5.41, 5.74) is -0.526. The van der Waals surface area contributed by atoms with Crippen LogP contribution >= 0.6 is 0 Å². The Morgan fingerprint density at radius 1 is 1.54 bits per heavy atom. The number of methoxy groups -OCH3 is 1. The van der Waals surface area contributed by atoms with Gasteiger partial charge in [0.05, 0.1) is 12.1 Å². The smallest absolute Gasteiger partial charge is 0.240 e. The van der Waals surface area contributed by atoms with Gasteiger partial charge in [-0.1, -0.05) is 0 Å². The predicted octanol–water partition coefficient (Wildman–Crippen LogP) is 0.135. The van der Waals surface area contributed by atoms with E-state index in [1.54, 1.807) is 14.2 Å². The fraction of sp³-hybridized carbons (Fsp3) is 0.889. The second-order valence-corrected chi connectivity index (χ2v) is 3.70. The summed E-state index contributed by atoms with van der Waals surface area (Å²) in [6, 6.07) is 0.0464. The Labute approximate surface area is 80.0 Å². The van der Waals surface area contributed by atoms with Crippen molar-refractivity contribution < 1.29 is 9.53 Å². The Morgan fingerprint density at radius 2 is 2.08 bits per heavy atom. The van der Waals surface area contributed by atoms with E-state index in [-0.39, 0.29) is 11.9 Å². The summed E-state index contributed by atoms with van der Waals surface area (Å²) in [4.78, 5) is 11.6. The van der Waals surface area contributed by atoms with Crippen molar-refractivity contribution in [3.63, 3.8) is 0 Å². The molecule has 0 aliphatic carbocycles. The largest absolute Gasteiger partial charge is 0.383 e. The zero-order valence-corrected chi connectivity index (χ0v) is 9.10. The van der Waals surface area contributed by atoms with Gasteiger partial charge >= 0.3 is 0 Å². The van der Waals surface area contributed by atoms with E-state index < -0.39 is 5.54 Å². The van der Waals surface area contributed by atoms with Gasteiger partial charge < -0.3 is 15.4 Å². The van der Waals surface area contributed by atoms with Gasteiger partial charge in [-0.25, -0.2) is 0 Å². The van der Waals surface area contributed by atoms with Crippen LogP contribution in [0.4, 0.5) is 0 Å². The maximum absolute atomic E-state index is 11.6. The first-order chi connectivity index (χ1) is 5.94. The molecule has 0 aromatic carbocycles. The van der Waals surface area contributed by atoms with Crippen molar-refractivity contribution in [2.45, 2.75) is 32.4 Å². The van der Waals surface area contributed by atoms with Gasteiger partial charge in [0, 0.05) is 13.2 Å². The lowest BCUT2D eigenvalue weighted by Crippen LogP contribution is -2.53. The molecular formula is C9H20N2O2. The zero-order chi connectivity index (χ0) is 10.5. The first-order valence-corrected chi connectivity index (χ1v) is 4.43. The minimum absolute atomic E-state index is 0.0143. The Kier molecular flexibility index (Phi) is 4.95. The van der Waals surface area contributed by atoms with Crippen LogP contribution in [0.25, 0.3) is 0 Å². The summed E-state index contributed by atoms with van der Waals surface area (Å²) in [6.45, 7) is 6.11. The molecule has 0 aromatic rings. The molecule has 0 aliphatic rings. The number of nitrogens with one attached hydrogen (secondary N) is 2. The van der Waals surface area contributed by atoms with Gasteiger partial charge in [0.25, 0.3) is 0 Å². The van der Waals surface area contributed by atoms with Gasteiger partial charge in [0.1, 0.15) is 0 Å². The fourth-order valence-corrected chi connectivity index (χ4v) is 0.809. The van der Waals surface area contributed by atoms with Crippen molar-refractivity contribution in [3.05, 3.63) is 0 Å². The predicted molar refractivity (Wildman–Crippen MR) is 52.6 cm³/mol. The Morgan fingerprint density at radius 3 is 2.46 bits per heavy atom. The number of carbonyl (C=O) groups excluding carboxylic acids is 1. The number of hydrogen-bond acceptors (Lipinski definition) is 3. The first kappa shape index (κ1) is 12.4. The molecule has 0 fully saturated rings. The Bertz CT molecular complexity index is 169. The molecule has 1 amide bonds. The Balaban J connectivity index is 3.99. The van der Waals surface area contributed by atoms with Gasteiger partial charge in [-0.3, -0.25) is 4.79 Å². The van der Waals surface area contributed by atoms with Crippen LogP contribution in [0.5, 0.6) is 0 Å². The molecule has 4 nitrogen and oxygen atoms in total. The van der Waals surface area contributed by atoms with Gasteiger partial charge in [-0.05, 0) is 27.8 Å². The average molecular weight is 188 g/mol. The van der Waals surface area contributed by atoms with Crippen molar-refractivity contribution in [2.75, 3.05) is 20.8 Å². The number of ether oxygens (including phenoxy) is 1. The molecule has 0 radical (unpaired) electrons. The first-order valence-electron chi connectivity index (χ1n) is 4.43. The lowest BCUT2D eigenvalue weighted by atomic mass is 10.0. The third kappa shape index (κ3) is 4.24.